The van der Waals surface area contributed by atoms with E-state index in [4.69, 9.17) is 0 Å². The van der Waals surface area contributed by atoms with Crippen molar-refractivity contribution in [2.24, 2.45) is 0 Å². The normalized spacial score (nSPS) is 14.1. The fraction of sp³-hybridized carbons (Fsp3) is 0.286. The molecule has 4 rings (SSSR count). The summed E-state index contributed by atoms with van der Waals surface area (Å²) in [5, 5.41) is 3.87. The number of carbonyl (C=O) groups excluding carboxylic acids is 2. The van der Waals surface area contributed by atoms with E-state index in [9.17, 15) is 9.59 Å². The van der Waals surface area contributed by atoms with Crippen molar-refractivity contribution in [3.05, 3.63) is 54.0 Å². The number of rotatable bonds is 3. The van der Waals surface area contributed by atoms with Crippen LogP contribution < -0.4 is 10.2 Å². The first kappa shape index (κ1) is 18.8. The average molecular weight is 390 g/mol. The molecular weight excluding hydrogens is 368 g/mol. The van der Waals surface area contributed by atoms with E-state index in [-0.39, 0.29) is 11.8 Å². The summed E-state index contributed by atoms with van der Waals surface area (Å²) in [6, 6.07) is 11.1. The lowest BCUT2D eigenvalue weighted by Gasteiger charge is -2.34. The SMILES string of the molecule is CC(=O)N1CCN(c2nc(C)cc(C(=O)Nc3cccc4cccnc34)n2)CC1. The van der Waals surface area contributed by atoms with Crippen LogP contribution in [-0.4, -0.2) is 57.8 Å². The summed E-state index contributed by atoms with van der Waals surface area (Å²) in [4.78, 5) is 41.5. The predicted molar refractivity (Wildman–Crippen MR) is 111 cm³/mol. The fourth-order valence-corrected chi connectivity index (χ4v) is 3.42. The van der Waals surface area contributed by atoms with Gasteiger partial charge in [0.25, 0.3) is 5.91 Å². The number of piperazine rings is 1. The number of aryl methyl sites for hydroxylation is 1. The van der Waals surface area contributed by atoms with E-state index < -0.39 is 0 Å². The van der Waals surface area contributed by atoms with Gasteiger partial charge in [0.05, 0.1) is 11.2 Å². The Morgan fingerprint density at radius 2 is 1.79 bits per heavy atom. The van der Waals surface area contributed by atoms with Crippen molar-refractivity contribution >= 4 is 34.4 Å². The minimum atomic E-state index is -0.308. The maximum atomic E-state index is 12.9. The van der Waals surface area contributed by atoms with Gasteiger partial charge < -0.3 is 15.1 Å². The van der Waals surface area contributed by atoms with Crippen LogP contribution in [0, 0.1) is 6.92 Å². The zero-order chi connectivity index (χ0) is 20.4. The molecule has 0 unspecified atom stereocenters. The number of nitrogens with one attached hydrogen (secondary N) is 1. The third-order valence-corrected chi connectivity index (χ3v) is 4.96. The van der Waals surface area contributed by atoms with Crippen LogP contribution in [0.1, 0.15) is 23.1 Å². The lowest BCUT2D eigenvalue weighted by molar-refractivity contribution is -0.129. The van der Waals surface area contributed by atoms with Gasteiger partial charge in [-0.1, -0.05) is 18.2 Å². The molecule has 3 heterocycles. The molecule has 1 aromatic carbocycles. The maximum Gasteiger partial charge on any atom is 0.274 e. The van der Waals surface area contributed by atoms with Crippen LogP contribution in [0.2, 0.25) is 0 Å². The van der Waals surface area contributed by atoms with E-state index >= 15 is 0 Å². The Bertz CT molecular complexity index is 1070. The third-order valence-electron chi connectivity index (χ3n) is 4.96. The van der Waals surface area contributed by atoms with Crippen molar-refractivity contribution in [1.82, 2.24) is 19.9 Å². The second-order valence-electron chi connectivity index (χ2n) is 7.02. The number of pyridine rings is 1. The number of fused-ring (bicyclic) bond motifs is 1. The summed E-state index contributed by atoms with van der Waals surface area (Å²) in [5.41, 5.74) is 2.38. The van der Waals surface area contributed by atoms with Crippen LogP contribution in [0.25, 0.3) is 10.9 Å². The molecule has 0 aliphatic carbocycles. The molecule has 0 atom stereocenters. The van der Waals surface area contributed by atoms with Gasteiger partial charge in [-0.2, -0.15) is 0 Å². The Labute approximate surface area is 168 Å². The zero-order valence-electron chi connectivity index (χ0n) is 16.4. The minimum absolute atomic E-state index is 0.0681. The molecule has 1 saturated heterocycles. The van der Waals surface area contributed by atoms with Gasteiger partial charge in [0.2, 0.25) is 11.9 Å². The first-order valence-corrected chi connectivity index (χ1v) is 9.52. The highest BCUT2D eigenvalue weighted by molar-refractivity contribution is 6.07. The second-order valence-corrected chi connectivity index (χ2v) is 7.02. The molecule has 8 heteroatoms. The van der Waals surface area contributed by atoms with E-state index in [2.05, 4.69) is 20.3 Å². The molecule has 1 fully saturated rings. The third kappa shape index (κ3) is 4.01. The summed E-state index contributed by atoms with van der Waals surface area (Å²) in [5.74, 6) is 0.269. The van der Waals surface area contributed by atoms with E-state index in [0.29, 0.717) is 49.2 Å². The largest absolute Gasteiger partial charge is 0.339 e. The molecule has 148 valence electrons. The molecule has 2 amide bonds. The van der Waals surface area contributed by atoms with Crippen molar-refractivity contribution in [2.45, 2.75) is 13.8 Å². The Morgan fingerprint density at radius 3 is 2.55 bits per heavy atom. The van der Waals surface area contributed by atoms with Gasteiger partial charge in [-0.3, -0.25) is 14.6 Å². The Kier molecular flexibility index (Phi) is 5.07. The number of carbonyl (C=O) groups is 2. The predicted octanol–water partition coefficient (Wildman–Crippen LogP) is 2.25. The summed E-state index contributed by atoms with van der Waals surface area (Å²) in [7, 11) is 0. The molecule has 0 radical (unpaired) electrons. The molecule has 1 N–H and O–H groups in total. The highest BCUT2D eigenvalue weighted by atomic mass is 16.2. The van der Waals surface area contributed by atoms with Crippen LogP contribution in [0.4, 0.5) is 11.6 Å². The number of nitrogens with zero attached hydrogens (tertiary/aromatic N) is 5. The van der Waals surface area contributed by atoms with E-state index in [0.717, 1.165) is 10.9 Å². The molecule has 0 spiro atoms. The summed E-state index contributed by atoms with van der Waals surface area (Å²) < 4.78 is 0. The summed E-state index contributed by atoms with van der Waals surface area (Å²) in [6.07, 6.45) is 1.70. The number of para-hydroxylation sites is 1. The topological polar surface area (TPSA) is 91.3 Å². The van der Waals surface area contributed by atoms with Crippen LogP contribution in [-0.2, 0) is 4.79 Å². The average Bonchev–Trinajstić information content (AvgIpc) is 2.73. The van der Waals surface area contributed by atoms with Crippen molar-refractivity contribution in [3.63, 3.8) is 0 Å². The smallest absolute Gasteiger partial charge is 0.274 e. The maximum absolute atomic E-state index is 12.9. The highest BCUT2D eigenvalue weighted by Crippen LogP contribution is 2.21. The van der Waals surface area contributed by atoms with Crippen molar-refractivity contribution in [3.8, 4) is 0 Å². The number of hydrogen-bond acceptors (Lipinski definition) is 6. The van der Waals surface area contributed by atoms with Crippen LogP contribution >= 0.6 is 0 Å². The van der Waals surface area contributed by atoms with Crippen molar-refractivity contribution < 1.29 is 9.59 Å². The number of amides is 2. The first-order chi connectivity index (χ1) is 14.0. The van der Waals surface area contributed by atoms with Gasteiger partial charge >= 0.3 is 0 Å². The van der Waals surface area contributed by atoms with E-state index in [1.54, 1.807) is 24.1 Å². The van der Waals surface area contributed by atoms with Gasteiger partial charge in [0.15, 0.2) is 0 Å². The monoisotopic (exact) mass is 390 g/mol. The van der Waals surface area contributed by atoms with Crippen molar-refractivity contribution in [1.29, 1.82) is 0 Å². The molecular formula is C21H22N6O2. The van der Waals surface area contributed by atoms with Gasteiger partial charge in [0.1, 0.15) is 5.69 Å². The fourth-order valence-electron chi connectivity index (χ4n) is 3.42. The lowest BCUT2D eigenvalue weighted by Crippen LogP contribution is -2.48. The molecule has 2 aromatic heterocycles. The molecule has 1 aliphatic heterocycles. The number of anilines is 2. The summed E-state index contributed by atoms with van der Waals surface area (Å²) >= 11 is 0. The number of hydrogen-bond donors (Lipinski definition) is 1. The van der Waals surface area contributed by atoms with Gasteiger partial charge in [-0.25, -0.2) is 9.97 Å². The lowest BCUT2D eigenvalue weighted by atomic mass is 10.2. The van der Waals surface area contributed by atoms with Gasteiger partial charge in [0, 0.05) is 50.4 Å². The molecule has 0 bridgehead atoms. The number of benzene rings is 1. The van der Waals surface area contributed by atoms with Gasteiger partial charge in [-0.05, 0) is 25.1 Å². The van der Waals surface area contributed by atoms with Crippen LogP contribution in [0.15, 0.2) is 42.6 Å². The Morgan fingerprint density at radius 1 is 1.03 bits per heavy atom. The van der Waals surface area contributed by atoms with Crippen LogP contribution in [0.5, 0.6) is 0 Å². The Hall–Kier alpha value is -3.55. The standard InChI is InChI=1S/C21H22N6O2/c1-14-13-18(25-21(23-14)27-11-9-26(10-12-27)15(2)28)20(29)24-17-7-3-5-16-6-4-8-22-19(16)17/h3-8,13H,9-12H2,1-2H3,(H,24,29). The Balaban J connectivity index is 1.56. The minimum Gasteiger partial charge on any atom is -0.339 e. The van der Waals surface area contributed by atoms with E-state index in [1.165, 1.54) is 0 Å². The highest BCUT2D eigenvalue weighted by Gasteiger charge is 2.22. The van der Waals surface area contributed by atoms with Crippen molar-refractivity contribution in [2.75, 3.05) is 36.4 Å². The first-order valence-electron chi connectivity index (χ1n) is 9.52. The summed E-state index contributed by atoms with van der Waals surface area (Å²) in [6.45, 7) is 5.93. The number of aromatic nitrogens is 3. The van der Waals surface area contributed by atoms with Gasteiger partial charge in [-0.15, -0.1) is 0 Å². The molecule has 3 aromatic rings. The quantitative estimate of drug-likeness (QED) is 0.738. The molecule has 8 nitrogen and oxygen atoms in total. The zero-order valence-corrected chi connectivity index (χ0v) is 16.4. The molecule has 0 saturated carbocycles. The second kappa shape index (κ2) is 7.83. The molecule has 29 heavy (non-hydrogen) atoms. The molecule has 1 aliphatic rings. The van der Waals surface area contributed by atoms with Crippen LogP contribution in [0.3, 0.4) is 0 Å². The van der Waals surface area contributed by atoms with E-state index in [1.807, 2.05) is 42.2 Å².